The van der Waals surface area contributed by atoms with Gasteiger partial charge in [-0.3, -0.25) is 20.7 Å². The van der Waals surface area contributed by atoms with Gasteiger partial charge in [0.2, 0.25) is 0 Å². The van der Waals surface area contributed by atoms with Gasteiger partial charge in [-0.05, 0) is 27.3 Å². The molecule has 5 rings (SSSR count). The van der Waals surface area contributed by atoms with Crippen LogP contribution in [0.1, 0.15) is 27.2 Å². The van der Waals surface area contributed by atoms with Crippen LogP contribution >= 0.6 is 0 Å². The zero-order chi connectivity index (χ0) is 27.2. The van der Waals surface area contributed by atoms with Crippen molar-refractivity contribution in [3.8, 4) is 0 Å². The Bertz CT molecular complexity index is 1140. The number of likely N-dealkylation sites (N-methyl/N-ethyl adjacent to an activating group) is 1. The third-order valence-electron chi connectivity index (χ3n) is 8.03. The first-order chi connectivity index (χ1) is 18.1. The first-order valence-corrected chi connectivity index (χ1v) is 13.3. The molecule has 0 saturated carbocycles. The Balaban J connectivity index is 1.25. The van der Waals surface area contributed by atoms with Crippen molar-refractivity contribution in [2.24, 2.45) is 11.3 Å². The number of nitrogens with one attached hydrogen (secondary N) is 4. The summed E-state index contributed by atoms with van der Waals surface area (Å²) < 4.78 is 51.8. The molecule has 2 unspecified atom stereocenters. The average molecular weight is 535 g/mol. The number of allylic oxidation sites excluding steroid dienone is 5. The molecule has 4 N–H and O–H groups in total. The van der Waals surface area contributed by atoms with E-state index < -0.39 is 29.4 Å². The summed E-state index contributed by atoms with van der Waals surface area (Å²) >= 11 is 0. The van der Waals surface area contributed by atoms with Crippen molar-refractivity contribution in [3.63, 3.8) is 0 Å². The van der Waals surface area contributed by atoms with Crippen molar-refractivity contribution in [2.75, 3.05) is 46.3 Å². The Hall–Kier alpha value is -2.60. The largest absolute Gasteiger partial charge is 0.460 e. The second kappa shape index (κ2) is 10.5. The highest BCUT2D eigenvalue weighted by Gasteiger charge is 2.48. The third kappa shape index (κ3) is 5.04. The number of rotatable bonds is 5. The van der Waals surface area contributed by atoms with Crippen molar-refractivity contribution in [1.29, 1.82) is 0 Å². The van der Waals surface area contributed by atoms with Crippen molar-refractivity contribution >= 4 is 5.91 Å². The molecule has 1 aliphatic carbocycles. The van der Waals surface area contributed by atoms with E-state index in [0.29, 0.717) is 43.9 Å². The lowest BCUT2D eigenvalue weighted by Crippen LogP contribution is -2.57. The van der Waals surface area contributed by atoms with Crippen LogP contribution in [0.15, 0.2) is 58.4 Å². The summed E-state index contributed by atoms with van der Waals surface area (Å²) in [5.41, 5.74) is 0.289. The summed E-state index contributed by atoms with van der Waals surface area (Å²) in [4.78, 5) is 16.9. The topological polar surface area (TPSA) is 80.9 Å². The minimum Gasteiger partial charge on any atom is -0.460 e. The number of amides is 1. The van der Waals surface area contributed by atoms with E-state index in [0.717, 1.165) is 19.2 Å². The molecule has 0 spiro atoms. The van der Waals surface area contributed by atoms with Crippen LogP contribution in [0.4, 0.5) is 13.2 Å². The van der Waals surface area contributed by atoms with Gasteiger partial charge in [0, 0.05) is 62.5 Å². The Kier molecular flexibility index (Phi) is 7.47. The second-order valence-corrected chi connectivity index (χ2v) is 11.1. The van der Waals surface area contributed by atoms with Gasteiger partial charge >= 0.3 is 0 Å². The SMILES string of the molecule is CC1=CC2(C)C(=C(F)C=C(OC3=C(F)[C@@H](N[C@@H]4CC=C(C(=O)N5CCN(C)CC5)CN4)NCC3C)[C@H]2F)N1. The fourth-order valence-corrected chi connectivity index (χ4v) is 5.67. The van der Waals surface area contributed by atoms with Crippen LogP contribution in [0.3, 0.4) is 0 Å². The second-order valence-electron chi connectivity index (χ2n) is 11.1. The Morgan fingerprint density at radius 3 is 2.63 bits per heavy atom. The van der Waals surface area contributed by atoms with E-state index in [1.807, 2.05) is 18.0 Å². The van der Waals surface area contributed by atoms with Crippen LogP contribution in [0.2, 0.25) is 0 Å². The maximum atomic E-state index is 15.6. The molecule has 5 aliphatic rings. The number of ether oxygens (including phenoxy) is 1. The number of alkyl halides is 1. The molecule has 4 aliphatic heterocycles. The molecule has 0 bridgehead atoms. The zero-order valence-electron chi connectivity index (χ0n) is 22.3. The van der Waals surface area contributed by atoms with E-state index in [1.165, 1.54) is 0 Å². The van der Waals surface area contributed by atoms with Crippen molar-refractivity contribution in [2.45, 2.75) is 45.7 Å². The number of halogens is 3. The van der Waals surface area contributed by atoms with Crippen molar-refractivity contribution < 1.29 is 22.7 Å². The van der Waals surface area contributed by atoms with Crippen LogP contribution in [0.5, 0.6) is 0 Å². The summed E-state index contributed by atoms with van der Waals surface area (Å²) in [6, 6.07) is 0. The number of carbonyl (C=O) groups excluding carboxylic acids is 1. The highest BCUT2D eigenvalue weighted by Crippen LogP contribution is 2.48. The van der Waals surface area contributed by atoms with Crippen molar-refractivity contribution in [1.82, 2.24) is 31.1 Å². The summed E-state index contributed by atoms with van der Waals surface area (Å²) in [7, 11) is 2.04. The number of hydrogen-bond donors (Lipinski definition) is 4. The molecule has 11 heteroatoms. The van der Waals surface area contributed by atoms with Gasteiger partial charge in [0.15, 0.2) is 12.0 Å². The molecular formula is C27H37F3N6O2. The van der Waals surface area contributed by atoms with Crippen molar-refractivity contribution in [3.05, 3.63) is 58.4 Å². The number of piperazine rings is 1. The molecule has 5 atom stereocenters. The van der Waals surface area contributed by atoms with Gasteiger partial charge < -0.3 is 19.9 Å². The van der Waals surface area contributed by atoms with E-state index in [4.69, 9.17) is 4.74 Å². The molecule has 1 fully saturated rings. The van der Waals surface area contributed by atoms with Crippen LogP contribution in [0, 0.1) is 11.3 Å². The van der Waals surface area contributed by atoms with Gasteiger partial charge in [-0.25, -0.2) is 13.2 Å². The lowest BCUT2D eigenvalue weighted by atomic mass is 9.79. The minimum atomic E-state index is -1.67. The molecule has 208 valence electrons. The molecule has 0 radical (unpaired) electrons. The molecule has 1 amide bonds. The van der Waals surface area contributed by atoms with E-state index in [-0.39, 0.29) is 35.2 Å². The number of fused-ring (bicyclic) bond motifs is 1. The maximum Gasteiger partial charge on any atom is 0.250 e. The standard InChI is InChI=1S/C27H37F3N6O2/c1-15-13-32-25(34-20-6-5-17(14-31-20)26(37)36-9-7-35(4)8-10-36)21(29)22(15)38-19-11-18(28)24-27(3,23(19)30)12-16(2)33-24/h5,11-12,15,20,23,25,31-34H,6-10,13-14H2,1-4H3/t15?,20-,23-,25-,27?/m1/s1. The molecule has 0 aromatic carbocycles. The summed E-state index contributed by atoms with van der Waals surface area (Å²) in [6.07, 6.45) is 2.22. The van der Waals surface area contributed by atoms with Gasteiger partial charge in [0.25, 0.3) is 5.91 Å². The molecule has 8 nitrogen and oxygen atoms in total. The summed E-state index contributed by atoms with van der Waals surface area (Å²) in [5.74, 6) is -1.82. The van der Waals surface area contributed by atoms with Gasteiger partial charge in [-0.1, -0.05) is 19.1 Å². The summed E-state index contributed by atoms with van der Waals surface area (Å²) in [5, 5.41) is 12.5. The van der Waals surface area contributed by atoms with Crippen LogP contribution in [0.25, 0.3) is 0 Å². The normalized spacial score (nSPS) is 34.4. The van der Waals surface area contributed by atoms with Crippen LogP contribution < -0.4 is 21.3 Å². The summed E-state index contributed by atoms with van der Waals surface area (Å²) in [6.45, 7) is 9.01. The molecular weight excluding hydrogens is 497 g/mol. The fourth-order valence-electron chi connectivity index (χ4n) is 5.67. The van der Waals surface area contributed by atoms with Gasteiger partial charge in [-0.15, -0.1) is 0 Å². The average Bonchev–Trinajstić information content (AvgIpc) is 3.22. The molecule has 0 aromatic heterocycles. The molecule has 0 aromatic rings. The molecule has 1 saturated heterocycles. The Labute approximate surface area is 221 Å². The van der Waals surface area contributed by atoms with Gasteiger partial charge in [0.1, 0.15) is 23.5 Å². The predicted molar refractivity (Wildman–Crippen MR) is 138 cm³/mol. The Morgan fingerprint density at radius 1 is 1.21 bits per heavy atom. The van der Waals surface area contributed by atoms with Gasteiger partial charge in [0.05, 0.1) is 17.3 Å². The molecule has 4 heterocycles. The van der Waals surface area contributed by atoms with Crippen LogP contribution in [-0.2, 0) is 9.53 Å². The highest BCUT2D eigenvalue weighted by atomic mass is 19.1. The monoisotopic (exact) mass is 534 g/mol. The molecule has 38 heavy (non-hydrogen) atoms. The van der Waals surface area contributed by atoms with Crippen LogP contribution in [-0.4, -0.2) is 80.5 Å². The predicted octanol–water partition coefficient (Wildman–Crippen LogP) is 2.29. The number of nitrogens with zero attached hydrogens (tertiary/aromatic N) is 2. The third-order valence-corrected chi connectivity index (χ3v) is 8.03. The maximum absolute atomic E-state index is 15.6. The highest BCUT2D eigenvalue weighted by molar-refractivity contribution is 5.94. The Morgan fingerprint density at radius 2 is 1.95 bits per heavy atom. The first kappa shape index (κ1) is 27.0. The lowest BCUT2D eigenvalue weighted by Gasteiger charge is -2.37. The number of carbonyl (C=O) groups is 1. The van der Waals surface area contributed by atoms with Gasteiger partial charge in [-0.2, -0.15) is 0 Å². The fraction of sp³-hybridized carbons (Fsp3) is 0.593. The number of hydrogen-bond acceptors (Lipinski definition) is 7. The first-order valence-electron chi connectivity index (χ1n) is 13.3. The lowest BCUT2D eigenvalue weighted by molar-refractivity contribution is -0.128. The zero-order valence-corrected chi connectivity index (χ0v) is 22.3. The van der Waals surface area contributed by atoms with E-state index in [2.05, 4.69) is 26.2 Å². The minimum absolute atomic E-state index is 0.0149. The van der Waals surface area contributed by atoms with E-state index >= 15 is 8.78 Å². The quantitative estimate of drug-likeness (QED) is 0.431. The van der Waals surface area contributed by atoms with E-state index in [9.17, 15) is 9.18 Å². The smallest absolute Gasteiger partial charge is 0.250 e. The van der Waals surface area contributed by atoms with E-state index in [1.54, 1.807) is 26.8 Å².